The molecule has 0 N–H and O–H groups in total. The number of benzene rings is 1. The van der Waals surface area contributed by atoms with Crippen molar-refractivity contribution in [2.45, 2.75) is 52.4 Å². The maximum atomic E-state index is 12.0. The zero-order chi connectivity index (χ0) is 14.5. The highest BCUT2D eigenvalue weighted by Gasteiger charge is 2.20. The van der Waals surface area contributed by atoms with Gasteiger partial charge in [0, 0.05) is 11.1 Å². The first-order chi connectivity index (χ1) is 8.86. The van der Waals surface area contributed by atoms with Crippen LogP contribution in [0.25, 0.3) is 0 Å². The molecule has 19 heavy (non-hydrogen) atoms. The second kappa shape index (κ2) is 6.55. The Morgan fingerprint density at radius 1 is 1.26 bits per heavy atom. The minimum atomic E-state index is -0.315. The second-order valence-electron chi connectivity index (χ2n) is 5.84. The van der Waals surface area contributed by atoms with Crippen LogP contribution in [0.1, 0.15) is 52.5 Å². The third kappa shape index (κ3) is 4.55. The number of para-hydroxylation sites is 1. The molecule has 0 saturated heterocycles. The molecule has 0 aliphatic rings. The quantitative estimate of drug-likeness (QED) is 0.438. The highest BCUT2D eigenvalue weighted by molar-refractivity contribution is 5.89. The number of hydrogen-bond acceptors (Lipinski definition) is 2. The Hall–Kier alpha value is -1.57. The van der Waals surface area contributed by atoms with E-state index in [1.54, 1.807) is 0 Å². The van der Waals surface area contributed by atoms with Gasteiger partial charge in [-0.15, -0.1) is 0 Å². The van der Waals surface area contributed by atoms with Crippen LogP contribution in [0.3, 0.4) is 0 Å². The number of carbonyl (C=O) groups excluding carboxylic acids is 1. The zero-order valence-corrected chi connectivity index (χ0v) is 12.5. The van der Waals surface area contributed by atoms with E-state index in [2.05, 4.69) is 34.3 Å². The molecule has 0 aromatic heterocycles. The van der Waals surface area contributed by atoms with Crippen LogP contribution in [0.5, 0.6) is 5.75 Å². The Morgan fingerprint density at radius 2 is 1.89 bits per heavy atom. The van der Waals surface area contributed by atoms with Gasteiger partial charge in [0.15, 0.2) is 0 Å². The van der Waals surface area contributed by atoms with E-state index in [1.165, 1.54) is 0 Å². The van der Waals surface area contributed by atoms with Gasteiger partial charge in [-0.1, -0.05) is 58.9 Å². The summed E-state index contributed by atoms with van der Waals surface area (Å²) in [5, 5.41) is 0. The molecule has 0 radical (unpaired) electrons. The maximum absolute atomic E-state index is 12.0. The Bertz CT molecular complexity index is 453. The molecule has 0 bridgehead atoms. The molecule has 0 fully saturated rings. The largest absolute Gasteiger partial charge is 0.423 e. The lowest BCUT2D eigenvalue weighted by atomic mass is 9.86. The summed E-state index contributed by atoms with van der Waals surface area (Å²) in [5.74, 6) is 0.322. The molecule has 0 saturated carbocycles. The van der Waals surface area contributed by atoms with Gasteiger partial charge in [0.1, 0.15) is 5.75 Å². The molecule has 0 unspecified atom stereocenters. The van der Waals surface area contributed by atoms with Crippen molar-refractivity contribution in [2.24, 2.45) is 0 Å². The first kappa shape index (κ1) is 15.5. The normalized spacial score (nSPS) is 11.2. The third-order valence-corrected chi connectivity index (χ3v) is 3.02. The summed E-state index contributed by atoms with van der Waals surface area (Å²) < 4.78 is 5.49. The van der Waals surface area contributed by atoms with Gasteiger partial charge >= 0.3 is 5.97 Å². The molecule has 104 valence electrons. The summed E-state index contributed by atoms with van der Waals surface area (Å²) in [6, 6.07) is 7.68. The number of ether oxygens (including phenoxy) is 1. The number of esters is 1. The lowest BCUT2D eigenvalue weighted by Gasteiger charge is -2.22. The smallest absolute Gasteiger partial charge is 0.338 e. The molecular formula is C17H24O2. The highest BCUT2D eigenvalue weighted by atomic mass is 16.5. The standard InChI is InChI=1S/C17H24O2/c1-6-7-10-13(2)16(18)19-15-12-9-8-11-14(15)17(3,4)5/h8-9,11-12H,2,6-7,10H2,1,3-5H3. The Kier molecular flexibility index (Phi) is 5.34. The molecule has 2 heteroatoms. The molecule has 0 heterocycles. The first-order valence-electron chi connectivity index (χ1n) is 6.85. The zero-order valence-electron chi connectivity index (χ0n) is 12.5. The van der Waals surface area contributed by atoms with Crippen molar-refractivity contribution in [1.29, 1.82) is 0 Å². The SMILES string of the molecule is C=C(CCCC)C(=O)Oc1ccccc1C(C)(C)C. The van der Waals surface area contributed by atoms with Crippen molar-refractivity contribution in [3.05, 3.63) is 42.0 Å². The van der Waals surface area contributed by atoms with Crippen molar-refractivity contribution in [2.75, 3.05) is 0 Å². The van der Waals surface area contributed by atoms with Gasteiger partial charge in [-0.2, -0.15) is 0 Å². The van der Waals surface area contributed by atoms with Crippen molar-refractivity contribution in [1.82, 2.24) is 0 Å². The van der Waals surface area contributed by atoms with E-state index < -0.39 is 0 Å². The maximum Gasteiger partial charge on any atom is 0.338 e. The molecule has 1 aromatic carbocycles. The molecule has 1 aromatic rings. The number of unbranched alkanes of at least 4 members (excludes halogenated alkanes) is 1. The fourth-order valence-electron chi connectivity index (χ4n) is 1.84. The van der Waals surface area contributed by atoms with Crippen LogP contribution in [-0.2, 0) is 10.2 Å². The van der Waals surface area contributed by atoms with E-state index in [0.717, 1.165) is 18.4 Å². The summed E-state index contributed by atoms with van der Waals surface area (Å²) >= 11 is 0. The van der Waals surface area contributed by atoms with E-state index >= 15 is 0 Å². The van der Waals surface area contributed by atoms with Gasteiger partial charge in [-0.3, -0.25) is 0 Å². The van der Waals surface area contributed by atoms with Gasteiger partial charge in [-0.25, -0.2) is 4.79 Å². The summed E-state index contributed by atoms with van der Waals surface area (Å²) in [4.78, 5) is 12.0. The van der Waals surface area contributed by atoms with E-state index in [-0.39, 0.29) is 11.4 Å². The van der Waals surface area contributed by atoms with E-state index in [1.807, 2.05) is 24.3 Å². The van der Waals surface area contributed by atoms with Gasteiger partial charge in [0.05, 0.1) is 0 Å². The number of rotatable bonds is 5. The van der Waals surface area contributed by atoms with Crippen LogP contribution < -0.4 is 4.74 Å². The van der Waals surface area contributed by atoms with Crippen LogP contribution >= 0.6 is 0 Å². The lowest BCUT2D eigenvalue weighted by molar-refractivity contribution is -0.130. The van der Waals surface area contributed by atoms with E-state index in [9.17, 15) is 4.79 Å². The average molecular weight is 260 g/mol. The van der Waals surface area contributed by atoms with Crippen molar-refractivity contribution < 1.29 is 9.53 Å². The van der Waals surface area contributed by atoms with Crippen molar-refractivity contribution in [3.63, 3.8) is 0 Å². The molecule has 0 aliphatic carbocycles. The summed E-state index contributed by atoms with van der Waals surface area (Å²) in [7, 11) is 0. The molecule has 1 rings (SSSR count). The fourth-order valence-corrected chi connectivity index (χ4v) is 1.84. The summed E-state index contributed by atoms with van der Waals surface area (Å²) in [5.41, 5.74) is 1.53. The fraction of sp³-hybridized carbons (Fsp3) is 0.471. The summed E-state index contributed by atoms with van der Waals surface area (Å²) in [6.45, 7) is 12.2. The van der Waals surface area contributed by atoms with E-state index in [4.69, 9.17) is 4.74 Å². The highest BCUT2D eigenvalue weighted by Crippen LogP contribution is 2.31. The van der Waals surface area contributed by atoms with Gasteiger partial charge in [0.2, 0.25) is 0 Å². The van der Waals surface area contributed by atoms with Crippen molar-refractivity contribution in [3.8, 4) is 5.75 Å². The molecule has 0 aliphatic heterocycles. The lowest BCUT2D eigenvalue weighted by Crippen LogP contribution is -2.17. The molecular weight excluding hydrogens is 236 g/mol. The topological polar surface area (TPSA) is 26.3 Å². The van der Waals surface area contributed by atoms with E-state index in [0.29, 0.717) is 17.7 Å². The van der Waals surface area contributed by atoms with Crippen LogP contribution in [0, 0.1) is 0 Å². The average Bonchev–Trinajstić information content (AvgIpc) is 2.35. The predicted octanol–water partition coefficient (Wildman–Crippen LogP) is 4.64. The van der Waals surface area contributed by atoms with Gasteiger partial charge < -0.3 is 4.74 Å². The molecule has 0 amide bonds. The Labute approximate surface area is 116 Å². The summed E-state index contributed by atoms with van der Waals surface area (Å²) in [6.07, 6.45) is 2.72. The molecule has 2 nitrogen and oxygen atoms in total. The number of hydrogen-bond donors (Lipinski definition) is 0. The monoisotopic (exact) mass is 260 g/mol. The first-order valence-corrected chi connectivity index (χ1v) is 6.85. The van der Waals surface area contributed by atoms with Gasteiger partial charge in [-0.05, 0) is 24.3 Å². The molecule has 0 spiro atoms. The van der Waals surface area contributed by atoms with Crippen LogP contribution in [0.2, 0.25) is 0 Å². The minimum Gasteiger partial charge on any atom is -0.423 e. The van der Waals surface area contributed by atoms with Crippen LogP contribution in [-0.4, -0.2) is 5.97 Å². The van der Waals surface area contributed by atoms with Crippen molar-refractivity contribution >= 4 is 5.97 Å². The second-order valence-corrected chi connectivity index (χ2v) is 5.84. The Morgan fingerprint density at radius 3 is 2.47 bits per heavy atom. The minimum absolute atomic E-state index is 0.0539. The molecule has 0 atom stereocenters. The predicted molar refractivity (Wildman–Crippen MR) is 79.4 cm³/mol. The van der Waals surface area contributed by atoms with Gasteiger partial charge in [0.25, 0.3) is 0 Å². The number of carbonyl (C=O) groups is 1. The Balaban J connectivity index is 2.83. The third-order valence-electron chi connectivity index (χ3n) is 3.02. The van der Waals surface area contributed by atoms with Crippen LogP contribution in [0.4, 0.5) is 0 Å². The van der Waals surface area contributed by atoms with Crippen LogP contribution in [0.15, 0.2) is 36.4 Å².